The van der Waals surface area contributed by atoms with Gasteiger partial charge in [0.15, 0.2) is 0 Å². The number of benzene rings is 2. The molecule has 0 spiro atoms. The molecule has 0 aliphatic rings. The number of nitrogens with one attached hydrogen (secondary N) is 2. The summed E-state index contributed by atoms with van der Waals surface area (Å²) in [6.07, 6.45) is 0. The fourth-order valence-electron chi connectivity index (χ4n) is 1.99. The van der Waals surface area contributed by atoms with E-state index in [1.54, 1.807) is 24.3 Å². The largest absolute Gasteiger partial charge is 0.497 e. The maximum absolute atomic E-state index is 13.5. The third-order valence-corrected chi connectivity index (χ3v) is 3.16. The van der Waals surface area contributed by atoms with E-state index in [1.807, 2.05) is 0 Å². The first-order valence-electron chi connectivity index (χ1n) is 7.09. The van der Waals surface area contributed by atoms with Crippen molar-refractivity contribution in [2.24, 2.45) is 0 Å². The smallest absolute Gasteiger partial charge is 0.254 e. The Bertz CT molecular complexity index is 727. The highest BCUT2D eigenvalue weighted by molar-refractivity contribution is 5.99. The molecule has 24 heavy (non-hydrogen) atoms. The van der Waals surface area contributed by atoms with Crippen molar-refractivity contribution in [1.29, 1.82) is 0 Å². The molecule has 0 bridgehead atoms. The van der Waals surface area contributed by atoms with Crippen molar-refractivity contribution in [2.75, 3.05) is 26.1 Å². The van der Waals surface area contributed by atoms with E-state index in [0.29, 0.717) is 17.2 Å². The number of halogens is 1. The second-order valence-corrected chi connectivity index (χ2v) is 4.81. The quantitative estimate of drug-likeness (QED) is 0.850. The van der Waals surface area contributed by atoms with Gasteiger partial charge in [0.2, 0.25) is 5.91 Å². The van der Waals surface area contributed by atoms with Gasteiger partial charge >= 0.3 is 0 Å². The summed E-state index contributed by atoms with van der Waals surface area (Å²) in [6, 6.07) is 10.4. The molecule has 2 aromatic carbocycles. The van der Waals surface area contributed by atoms with Gasteiger partial charge in [-0.1, -0.05) is 12.1 Å². The topological polar surface area (TPSA) is 76.7 Å². The van der Waals surface area contributed by atoms with Gasteiger partial charge < -0.3 is 20.1 Å². The molecular formula is C17H17FN2O4. The molecule has 2 aromatic rings. The Morgan fingerprint density at radius 2 is 1.67 bits per heavy atom. The van der Waals surface area contributed by atoms with E-state index in [2.05, 4.69) is 10.6 Å². The Morgan fingerprint density at radius 3 is 2.25 bits per heavy atom. The normalized spacial score (nSPS) is 9.96. The van der Waals surface area contributed by atoms with Gasteiger partial charge in [0.05, 0.1) is 26.3 Å². The predicted molar refractivity (Wildman–Crippen MR) is 86.9 cm³/mol. The lowest BCUT2D eigenvalue weighted by atomic mass is 10.2. The number of ether oxygens (including phenoxy) is 2. The molecule has 7 heteroatoms. The van der Waals surface area contributed by atoms with E-state index in [0.717, 1.165) is 0 Å². The number of amides is 2. The molecule has 0 fully saturated rings. The fraction of sp³-hybridized carbons (Fsp3) is 0.176. The van der Waals surface area contributed by atoms with Crippen LogP contribution in [0, 0.1) is 5.82 Å². The van der Waals surface area contributed by atoms with Crippen molar-refractivity contribution in [2.45, 2.75) is 0 Å². The molecule has 0 saturated carbocycles. The summed E-state index contributed by atoms with van der Waals surface area (Å²) < 4.78 is 23.7. The zero-order valence-corrected chi connectivity index (χ0v) is 13.3. The minimum atomic E-state index is -0.661. The standard InChI is InChI=1S/C17H17FN2O4/c1-23-12-7-11(8-13(9-12)24-2)20-16(21)10-19-17(22)14-5-3-4-6-15(14)18/h3-9H,10H2,1-2H3,(H,19,22)(H,20,21). The van der Waals surface area contributed by atoms with Crippen molar-refractivity contribution < 1.29 is 23.5 Å². The van der Waals surface area contributed by atoms with E-state index in [4.69, 9.17) is 9.47 Å². The van der Waals surface area contributed by atoms with Crippen LogP contribution in [-0.2, 0) is 4.79 Å². The third kappa shape index (κ3) is 4.45. The molecule has 0 atom stereocenters. The number of anilines is 1. The lowest BCUT2D eigenvalue weighted by molar-refractivity contribution is -0.115. The van der Waals surface area contributed by atoms with E-state index in [1.165, 1.54) is 32.4 Å². The molecule has 2 N–H and O–H groups in total. The number of carbonyl (C=O) groups excluding carboxylic acids is 2. The Morgan fingerprint density at radius 1 is 1.04 bits per heavy atom. The Hall–Kier alpha value is -3.09. The van der Waals surface area contributed by atoms with Crippen molar-refractivity contribution in [1.82, 2.24) is 5.32 Å². The Balaban J connectivity index is 1.96. The zero-order chi connectivity index (χ0) is 17.5. The van der Waals surface area contributed by atoms with Crippen LogP contribution >= 0.6 is 0 Å². The predicted octanol–water partition coefficient (Wildman–Crippen LogP) is 2.21. The molecule has 0 unspecified atom stereocenters. The molecule has 0 heterocycles. The van der Waals surface area contributed by atoms with Crippen LogP contribution in [0.3, 0.4) is 0 Å². The summed E-state index contributed by atoms with van der Waals surface area (Å²) in [5, 5.41) is 4.97. The molecule has 0 aliphatic carbocycles. The Labute approximate surface area is 138 Å². The zero-order valence-electron chi connectivity index (χ0n) is 13.3. The van der Waals surface area contributed by atoms with Gasteiger partial charge in [0.1, 0.15) is 17.3 Å². The molecule has 126 valence electrons. The van der Waals surface area contributed by atoms with Crippen LogP contribution in [0.1, 0.15) is 10.4 Å². The van der Waals surface area contributed by atoms with E-state index in [-0.39, 0.29) is 12.1 Å². The first-order chi connectivity index (χ1) is 11.5. The minimum Gasteiger partial charge on any atom is -0.497 e. The molecule has 0 aromatic heterocycles. The SMILES string of the molecule is COc1cc(NC(=O)CNC(=O)c2ccccc2F)cc(OC)c1. The van der Waals surface area contributed by atoms with E-state index < -0.39 is 17.6 Å². The lowest BCUT2D eigenvalue weighted by Gasteiger charge is -2.10. The van der Waals surface area contributed by atoms with Crippen LogP contribution in [0.2, 0.25) is 0 Å². The summed E-state index contributed by atoms with van der Waals surface area (Å²) in [4.78, 5) is 23.8. The maximum Gasteiger partial charge on any atom is 0.254 e. The van der Waals surface area contributed by atoms with Crippen LogP contribution < -0.4 is 20.1 Å². The summed E-state index contributed by atoms with van der Waals surface area (Å²) in [7, 11) is 2.99. The van der Waals surface area contributed by atoms with Crippen LogP contribution in [-0.4, -0.2) is 32.6 Å². The third-order valence-electron chi connectivity index (χ3n) is 3.16. The maximum atomic E-state index is 13.5. The first-order valence-corrected chi connectivity index (χ1v) is 7.09. The lowest BCUT2D eigenvalue weighted by Crippen LogP contribution is -2.33. The monoisotopic (exact) mass is 332 g/mol. The number of carbonyl (C=O) groups is 2. The summed E-state index contributed by atoms with van der Waals surface area (Å²) >= 11 is 0. The second kappa shape index (κ2) is 7.96. The highest BCUT2D eigenvalue weighted by Gasteiger charge is 2.12. The number of rotatable bonds is 6. The number of hydrogen-bond acceptors (Lipinski definition) is 4. The molecule has 2 rings (SSSR count). The van der Waals surface area contributed by atoms with E-state index in [9.17, 15) is 14.0 Å². The molecule has 0 aliphatic heterocycles. The molecule has 0 saturated heterocycles. The second-order valence-electron chi connectivity index (χ2n) is 4.81. The highest BCUT2D eigenvalue weighted by atomic mass is 19.1. The highest BCUT2D eigenvalue weighted by Crippen LogP contribution is 2.25. The van der Waals surface area contributed by atoms with Crippen LogP contribution in [0.25, 0.3) is 0 Å². The minimum absolute atomic E-state index is 0.117. The molecule has 6 nitrogen and oxygen atoms in total. The van der Waals surface area contributed by atoms with Crippen molar-refractivity contribution >= 4 is 17.5 Å². The molecule has 2 amide bonds. The van der Waals surface area contributed by atoms with Crippen molar-refractivity contribution in [3.8, 4) is 11.5 Å². The average Bonchev–Trinajstić information content (AvgIpc) is 2.59. The van der Waals surface area contributed by atoms with Gasteiger partial charge in [-0.25, -0.2) is 4.39 Å². The fourth-order valence-corrected chi connectivity index (χ4v) is 1.99. The number of hydrogen-bond donors (Lipinski definition) is 2. The van der Waals surface area contributed by atoms with E-state index >= 15 is 0 Å². The molecular weight excluding hydrogens is 315 g/mol. The van der Waals surface area contributed by atoms with Crippen LogP contribution in [0.5, 0.6) is 11.5 Å². The average molecular weight is 332 g/mol. The van der Waals surface area contributed by atoms with Crippen LogP contribution in [0.4, 0.5) is 10.1 Å². The van der Waals surface area contributed by atoms with Gasteiger partial charge in [0.25, 0.3) is 5.91 Å². The van der Waals surface area contributed by atoms with Crippen molar-refractivity contribution in [3.63, 3.8) is 0 Å². The summed E-state index contributed by atoms with van der Waals surface area (Å²) in [5.41, 5.74) is 0.338. The summed E-state index contributed by atoms with van der Waals surface area (Å²) in [6.45, 7) is -0.299. The van der Waals surface area contributed by atoms with Gasteiger partial charge in [-0.3, -0.25) is 9.59 Å². The first kappa shape index (κ1) is 17.3. The summed E-state index contributed by atoms with van der Waals surface area (Å²) in [5.74, 6) is -0.741. The van der Waals surface area contributed by atoms with Gasteiger partial charge in [-0.05, 0) is 12.1 Å². The van der Waals surface area contributed by atoms with Gasteiger partial charge in [-0.15, -0.1) is 0 Å². The number of methoxy groups -OCH3 is 2. The van der Waals surface area contributed by atoms with Gasteiger partial charge in [-0.2, -0.15) is 0 Å². The van der Waals surface area contributed by atoms with Crippen LogP contribution in [0.15, 0.2) is 42.5 Å². The molecule has 0 radical (unpaired) electrons. The Kier molecular flexibility index (Phi) is 5.73. The van der Waals surface area contributed by atoms with Gasteiger partial charge in [0, 0.05) is 23.9 Å². The van der Waals surface area contributed by atoms with Crippen molar-refractivity contribution in [3.05, 3.63) is 53.8 Å².